The van der Waals surface area contributed by atoms with Crippen molar-refractivity contribution in [3.63, 3.8) is 0 Å². The van der Waals surface area contributed by atoms with Crippen LogP contribution in [0, 0.1) is 0 Å². The van der Waals surface area contributed by atoms with E-state index in [0.29, 0.717) is 23.7 Å². The van der Waals surface area contributed by atoms with Gasteiger partial charge in [0.25, 0.3) is 5.91 Å². The topological polar surface area (TPSA) is 93.1 Å². The van der Waals surface area contributed by atoms with Crippen LogP contribution in [0.5, 0.6) is 5.75 Å². The second-order valence-corrected chi connectivity index (χ2v) is 44.9. The minimum atomic E-state index is -2.18. The maximum Gasteiger partial charge on any atom is 0.264 e. The molecule has 0 spiro atoms. The van der Waals surface area contributed by atoms with E-state index in [0.717, 1.165) is 0 Å². The summed E-state index contributed by atoms with van der Waals surface area (Å²) in [5.41, 5.74) is 1.15. The van der Waals surface area contributed by atoms with Gasteiger partial charge in [0.1, 0.15) is 38.3 Å². The zero-order chi connectivity index (χ0) is 32.9. The summed E-state index contributed by atoms with van der Waals surface area (Å²) in [6, 6.07) is 0. The third-order valence-electron chi connectivity index (χ3n) is 5.85. The van der Waals surface area contributed by atoms with Gasteiger partial charge in [-0.2, -0.15) is 5.10 Å². The van der Waals surface area contributed by atoms with E-state index in [2.05, 4.69) is 123 Å². The molecule has 15 heteroatoms. The highest BCUT2D eigenvalue weighted by atomic mass is 28.4. The molecule has 0 unspecified atom stereocenters. The third-order valence-corrected chi connectivity index (χ3v) is 12.2. The molecule has 244 valence electrons. The number of ether oxygens (including phenoxy) is 1. The van der Waals surface area contributed by atoms with Crippen molar-refractivity contribution in [3.8, 4) is 5.75 Å². The Balaban J connectivity index is 2.87. The summed E-state index contributed by atoms with van der Waals surface area (Å²) in [6.07, 6.45) is -1.61. The minimum Gasteiger partial charge on any atom is -0.541 e. The van der Waals surface area contributed by atoms with E-state index in [1.165, 1.54) is 0 Å². The van der Waals surface area contributed by atoms with Crippen LogP contribution in [0.2, 0.25) is 118 Å². The van der Waals surface area contributed by atoms with Crippen LogP contribution < -0.4 is 9.41 Å². The van der Waals surface area contributed by atoms with Gasteiger partial charge >= 0.3 is 0 Å². The van der Waals surface area contributed by atoms with Crippen LogP contribution in [0.15, 0.2) is 0 Å². The molecule has 4 atom stereocenters. The molecular formula is C27H61N3O6Si6. The number of carbonyl (C=O) groups excluding carboxylic acids is 1. The summed E-state index contributed by atoms with van der Waals surface area (Å²) in [7, 11) is -12.2. The number of hydrogen-bond acceptors (Lipinski definition) is 7. The molecule has 1 aliphatic heterocycles. The van der Waals surface area contributed by atoms with E-state index in [9.17, 15) is 4.79 Å². The van der Waals surface area contributed by atoms with E-state index in [4.69, 9.17) is 27.5 Å². The smallest absolute Gasteiger partial charge is 0.264 e. The summed E-state index contributed by atoms with van der Waals surface area (Å²) in [4.78, 5) is 17.3. The first-order chi connectivity index (χ1) is 18.5. The quantitative estimate of drug-likeness (QED) is 0.221. The van der Waals surface area contributed by atoms with Crippen molar-refractivity contribution in [1.29, 1.82) is 0 Å². The second-order valence-electron chi connectivity index (χ2n) is 17.5. The molecule has 9 nitrogen and oxygen atoms in total. The number of hydrogen-bond donors (Lipinski definition) is 1. The number of amides is 1. The molecule has 0 bridgehead atoms. The predicted octanol–water partition coefficient (Wildman–Crippen LogP) is 7.08. The predicted molar refractivity (Wildman–Crippen MR) is 189 cm³/mol. The zero-order valence-electron chi connectivity index (χ0n) is 29.9. The summed E-state index contributed by atoms with van der Waals surface area (Å²) in [5.74, 6) is 0.415. The maximum absolute atomic E-state index is 14.0. The Morgan fingerprint density at radius 3 is 1.67 bits per heavy atom. The van der Waals surface area contributed by atoms with Gasteiger partial charge in [0.15, 0.2) is 44.6 Å². The van der Waals surface area contributed by atoms with Gasteiger partial charge in [0.05, 0.1) is 6.61 Å². The van der Waals surface area contributed by atoms with Crippen LogP contribution in [-0.4, -0.2) is 90.0 Å². The number of carbonyl (C=O) groups is 1. The molecule has 42 heavy (non-hydrogen) atoms. The zero-order valence-corrected chi connectivity index (χ0v) is 35.9. The van der Waals surface area contributed by atoms with Crippen molar-refractivity contribution in [3.05, 3.63) is 11.4 Å². The molecule has 1 aliphatic rings. The number of aromatic nitrogens is 2. The Hall–Kier alpha value is -0.379. The molecule has 1 N–H and O–H groups in total. The fourth-order valence-electron chi connectivity index (χ4n) is 4.60. The Kier molecular flexibility index (Phi) is 11.5. The van der Waals surface area contributed by atoms with Gasteiger partial charge in [-0.3, -0.25) is 9.14 Å². The van der Waals surface area contributed by atoms with Crippen molar-refractivity contribution < 1.29 is 27.2 Å². The Morgan fingerprint density at radius 2 is 1.26 bits per heavy atom. The first kappa shape index (κ1) is 37.8. The van der Waals surface area contributed by atoms with Crippen LogP contribution >= 0.6 is 0 Å². The Labute approximate surface area is 262 Å². The first-order valence-corrected chi connectivity index (χ1v) is 35.9. The van der Waals surface area contributed by atoms with Crippen LogP contribution in [0.25, 0.3) is 0 Å². The lowest BCUT2D eigenvalue weighted by molar-refractivity contribution is -0.0171. The molecule has 1 aromatic rings. The molecule has 1 saturated heterocycles. The SMILES string of the molecule is C[Si](C)(C)NC(=O)c1c(O[Si](C)(C)C)c([C@@H]2O[C@H](CO[Si](C)(C)C)[C@@H](O[Si](C)(C)C)[C@H]2O[Si](C)(C)C)nn1[Si](C)(C)C. The van der Waals surface area contributed by atoms with Gasteiger partial charge in [-0.15, -0.1) is 0 Å². The number of rotatable bonds is 13. The highest BCUT2D eigenvalue weighted by Crippen LogP contribution is 2.44. The van der Waals surface area contributed by atoms with E-state index >= 15 is 0 Å². The second kappa shape index (κ2) is 12.8. The first-order valence-electron chi connectivity index (χ1n) is 15.3. The van der Waals surface area contributed by atoms with Crippen LogP contribution in [-0.2, 0) is 18.0 Å². The van der Waals surface area contributed by atoms with Crippen molar-refractivity contribution in [2.24, 2.45) is 0 Å². The third kappa shape index (κ3) is 11.5. The Morgan fingerprint density at radius 1 is 0.762 bits per heavy atom. The summed E-state index contributed by atoms with van der Waals surface area (Å²) in [6.45, 7) is 39.5. The lowest BCUT2D eigenvalue weighted by Crippen LogP contribution is -2.48. The lowest BCUT2D eigenvalue weighted by Gasteiger charge is -2.34. The van der Waals surface area contributed by atoms with E-state index in [1.54, 1.807) is 0 Å². The largest absolute Gasteiger partial charge is 0.541 e. The maximum atomic E-state index is 14.0. The summed E-state index contributed by atoms with van der Waals surface area (Å²) < 4.78 is 35.9. The van der Waals surface area contributed by atoms with Crippen molar-refractivity contribution in [2.75, 3.05) is 6.61 Å². The molecule has 2 heterocycles. The lowest BCUT2D eigenvalue weighted by atomic mass is 10.1. The van der Waals surface area contributed by atoms with Crippen molar-refractivity contribution >= 4 is 55.6 Å². The monoisotopic (exact) mass is 691 g/mol. The van der Waals surface area contributed by atoms with Gasteiger partial charge in [-0.05, 0) is 98.2 Å². The molecule has 1 amide bonds. The highest BCUT2D eigenvalue weighted by Gasteiger charge is 2.53. The number of nitrogens with one attached hydrogen (secondary N) is 1. The Bertz CT molecular complexity index is 1090. The van der Waals surface area contributed by atoms with Gasteiger partial charge in [-0.25, -0.2) is 0 Å². The van der Waals surface area contributed by atoms with E-state index in [-0.39, 0.29) is 18.1 Å². The van der Waals surface area contributed by atoms with Gasteiger partial charge < -0.3 is 27.4 Å². The van der Waals surface area contributed by atoms with Crippen molar-refractivity contribution in [2.45, 2.75) is 142 Å². The van der Waals surface area contributed by atoms with Gasteiger partial charge in [0, 0.05) is 0 Å². The molecular weight excluding hydrogens is 631 g/mol. The van der Waals surface area contributed by atoms with E-state index in [1.807, 2.05) is 4.35 Å². The average Bonchev–Trinajstić information content (AvgIpc) is 3.19. The van der Waals surface area contributed by atoms with Crippen LogP contribution in [0.3, 0.4) is 0 Å². The molecule has 0 radical (unpaired) electrons. The van der Waals surface area contributed by atoms with Gasteiger partial charge in [-0.1, -0.05) is 19.6 Å². The molecule has 0 saturated carbocycles. The van der Waals surface area contributed by atoms with Crippen molar-refractivity contribution in [1.82, 2.24) is 14.4 Å². The fraction of sp³-hybridized carbons (Fsp3) is 0.852. The molecule has 1 fully saturated rings. The van der Waals surface area contributed by atoms with E-state index < -0.39 is 61.9 Å². The molecule has 0 aliphatic carbocycles. The van der Waals surface area contributed by atoms with Gasteiger partial charge in [0.2, 0.25) is 8.32 Å². The van der Waals surface area contributed by atoms with Crippen LogP contribution in [0.4, 0.5) is 0 Å². The fourth-order valence-corrected chi connectivity index (χ4v) is 10.3. The summed E-state index contributed by atoms with van der Waals surface area (Å²) in [5, 5.41) is 5.22. The molecule has 2 rings (SSSR count). The van der Waals surface area contributed by atoms with Crippen LogP contribution in [0.1, 0.15) is 22.3 Å². The average molecular weight is 692 g/mol. The summed E-state index contributed by atoms with van der Waals surface area (Å²) >= 11 is 0. The minimum absolute atomic E-state index is 0.127. The number of nitrogens with zero attached hydrogens (tertiary/aromatic N) is 2. The highest BCUT2D eigenvalue weighted by molar-refractivity contribution is 6.77. The standard InChI is InChI=1S/C27H61N3O6Si6/c1-37(2,3)29-27(31)22-24(35-41(13,14)15)21(28-30(22)38(4,5)6)25-26(36-42(16,17)18)23(34-40(10,11)12)20(33-25)19-32-39(7,8)9/h20,23,25-26H,19H2,1-18H3,(H,29,31)/t20-,23-,25+,26-/m1/s1. The molecule has 1 aromatic heterocycles. The molecule has 0 aromatic carbocycles. The normalized spacial score (nSPS) is 22.9.